The summed E-state index contributed by atoms with van der Waals surface area (Å²) in [4.78, 5) is 14.8. The van der Waals surface area contributed by atoms with Gasteiger partial charge in [-0.1, -0.05) is 34.6 Å². The third kappa shape index (κ3) is 4.97. The largest absolute Gasteiger partial charge is 0.338 e. The molecule has 0 spiro atoms. The molecule has 0 aliphatic rings. The molecule has 3 nitrogen and oxygen atoms in total. The first-order valence-electron chi connectivity index (χ1n) is 7.36. The molecule has 0 aliphatic heterocycles. The van der Waals surface area contributed by atoms with Crippen LogP contribution in [0.4, 0.5) is 0 Å². The Bertz CT molecular complexity index is 245. The van der Waals surface area contributed by atoms with E-state index in [2.05, 4.69) is 37.9 Å². The summed E-state index contributed by atoms with van der Waals surface area (Å²) in [5.74, 6) is 0.735. The van der Waals surface area contributed by atoms with E-state index >= 15 is 0 Å². The maximum Gasteiger partial charge on any atom is 0.242 e. The van der Waals surface area contributed by atoms with Gasteiger partial charge in [0.2, 0.25) is 5.91 Å². The van der Waals surface area contributed by atoms with Crippen LogP contribution in [0.25, 0.3) is 0 Å². The molecule has 0 heterocycles. The molecule has 0 saturated carbocycles. The Morgan fingerprint density at radius 1 is 1.17 bits per heavy atom. The van der Waals surface area contributed by atoms with Crippen molar-refractivity contribution in [3.8, 4) is 0 Å². The number of hydrogen-bond donors (Lipinski definition) is 1. The van der Waals surface area contributed by atoms with Crippen LogP contribution in [0.3, 0.4) is 0 Å². The Labute approximate surface area is 113 Å². The molecule has 108 valence electrons. The minimum atomic E-state index is -0.466. The van der Waals surface area contributed by atoms with Crippen molar-refractivity contribution in [2.45, 2.75) is 72.9 Å². The molecule has 0 aromatic carbocycles. The SMILES string of the molecule is CCNC(C)(C)C(=O)N(CC(C)C)C(CC)CC. The number of hydrogen-bond acceptors (Lipinski definition) is 2. The van der Waals surface area contributed by atoms with Gasteiger partial charge >= 0.3 is 0 Å². The van der Waals surface area contributed by atoms with Gasteiger partial charge in [-0.05, 0) is 39.2 Å². The molecule has 1 amide bonds. The fourth-order valence-electron chi connectivity index (χ4n) is 2.40. The highest BCUT2D eigenvalue weighted by Gasteiger charge is 2.33. The summed E-state index contributed by atoms with van der Waals surface area (Å²) in [5, 5.41) is 3.29. The maximum atomic E-state index is 12.7. The highest BCUT2D eigenvalue weighted by Crippen LogP contribution is 2.17. The zero-order valence-electron chi connectivity index (χ0n) is 13.3. The first-order chi connectivity index (χ1) is 8.30. The van der Waals surface area contributed by atoms with E-state index in [1.54, 1.807) is 0 Å². The van der Waals surface area contributed by atoms with Crippen LogP contribution in [0, 0.1) is 5.92 Å². The second kappa shape index (κ2) is 7.78. The Morgan fingerprint density at radius 3 is 2.00 bits per heavy atom. The summed E-state index contributed by atoms with van der Waals surface area (Å²) >= 11 is 0. The molecule has 0 rings (SSSR count). The van der Waals surface area contributed by atoms with Crippen LogP contribution >= 0.6 is 0 Å². The Kier molecular flexibility index (Phi) is 7.53. The maximum absolute atomic E-state index is 12.7. The van der Waals surface area contributed by atoms with Crippen molar-refractivity contribution in [2.24, 2.45) is 5.92 Å². The number of rotatable bonds is 8. The van der Waals surface area contributed by atoms with E-state index in [9.17, 15) is 4.79 Å². The summed E-state index contributed by atoms with van der Waals surface area (Å²) < 4.78 is 0. The number of nitrogens with one attached hydrogen (secondary N) is 1. The van der Waals surface area contributed by atoms with Crippen molar-refractivity contribution in [1.29, 1.82) is 0 Å². The molecule has 0 aromatic heterocycles. The lowest BCUT2D eigenvalue weighted by Crippen LogP contribution is -2.57. The van der Waals surface area contributed by atoms with Crippen LogP contribution in [0.5, 0.6) is 0 Å². The number of likely N-dealkylation sites (N-methyl/N-ethyl adjacent to an activating group) is 1. The molecular formula is C15H32N2O. The van der Waals surface area contributed by atoms with Crippen LogP contribution in [0.15, 0.2) is 0 Å². The average Bonchev–Trinajstić information content (AvgIpc) is 2.27. The molecule has 0 aromatic rings. The van der Waals surface area contributed by atoms with Gasteiger partial charge in [0, 0.05) is 12.6 Å². The van der Waals surface area contributed by atoms with E-state index in [4.69, 9.17) is 0 Å². The van der Waals surface area contributed by atoms with Crippen LogP contribution in [-0.2, 0) is 4.79 Å². The van der Waals surface area contributed by atoms with E-state index in [0.717, 1.165) is 25.9 Å². The monoisotopic (exact) mass is 256 g/mol. The van der Waals surface area contributed by atoms with Gasteiger partial charge in [0.15, 0.2) is 0 Å². The number of carbonyl (C=O) groups excluding carboxylic acids is 1. The molecule has 18 heavy (non-hydrogen) atoms. The van der Waals surface area contributed by atoms with Crippen molar-refractivity contribution < 1.29 is 4.79 Å². The number of nitrogens with zero attached hydrogens (tertiary/aromatic N) is 1. The fraction of sp³-hybridized carbons (Fsp3) is 0.933. The van der Waals surface area contributed by atoms with E-state index < -0.39 is 5.54 Å². The molecule has 0 bridgehead atoms. The van der Waals surface area contributed by atoms with Gasteiger partial charge in [-0.3, -0.25) is 4.79 Å². The molecule has 0 saturated heterocycles. The molecule has 0 radical (unpaired) electrons. The van der Waals surface area contributed by atoms with Gasteiger partial charge in [0.05, 0.1) is 5.54 Å². The standard InChI is InChI=1S/C15H32N2O/c1-8-13(9-2)17(11-12(4)5)14(18)15(6,7)16-10-3/h12-13,16H,8-11H2,1-7H3. The van der Waals surface area contributed by atoms with Crippen LogP contribution in [0.2, 0.25) is 0 Å². The van der Waals surface area contributed by atoms with Gasteiger partial charge in [-0.25, -0.2) is 0 Å². The van der Waals surface area contributed by atoms with Gasteiger partial charge in [0.1, 0.15) is 0 Å². The lowest BCUT2D eigenvalue weighted by molar-refractivity contribution is -0.140. The summed E-state index contributed by atoms with van der Waals surface area (Å²) in [5.41, 5.74) is -0.466. The van der Waals surface area contributed by atoms with E-state index in [1.165, 1.54) is 0 Å². The Balaban J connectivity index is 5.00. The second-order valence-electron chi connectivity index (χ2n) is 5.98. The first kappa shape index (κ1) is 17.4. The summed E-state index contributed by atoms with van der Waals surface area (Å²) in [7, 11) is 0. The summed E-state index contributed by atoms with van der Waals surface area (Å²) in [6.07, 6.45) is 2.05. The predicted molar refractivity (Wildman–Crippen MR) is 78.7 cm³/mol. The highest BCUT2D eigenvalue weighted by atomic mass is 16.2. The normalized spacial score (nSPS) is 12.3. The molecule has 1 N–H and O–H groups in total. The Morgan fingerprint density at radius 2 is 1.67 bits per heavy atom. The topological polar surface area (TPSA) is 32.3 Å². The van der Waals surface area contributed by atoms with Crippen LogP contribution < -0.4 is 5.32 Å². The zero-order valence-corrected chi connectivity index (χ0v) is 13.3. The van der Waals surface area contributed by atoms with E-state index in [-0.39, 0.29) is 5.91 Å². The molecule has 0 unspecified atom stereocenters. The fourth-order valence-corrected chi connectivity index (χ4v) is 2.40. The van der Waals surface area contributed by atoms with Gasteiger partial charge in [-0.15, -0.1) is 0 Å². The van der Waals surface area contributed by atoms with Crippen molar-refractivity contribution in [3.05, 3.63) is 0 Å². The van der Waals surface area contributed by atoms with E-state index in [1.807, 2.05) is 20.8 Å². The highest BCUT2D eigenvalue weighted by molar-refractivity contribution is 5.85. The van der Waals surface area contributed by atoms with Crippen LogP contribution in [-0.4, -0.2) is 35.5 Å². The predicted octanol–water partition coefficient (Wildman–Crippen LogP) is 3.05. The van der Waals surface area contributed by atoms with Crippen molar-refractivity contribution in [2.75, 3.05) is 13.1 Å². The quantitative estimate of drug-likeness (QED) is 0.724. The van der Waals surface area contributed by atoms with Gasteiger partial charge in [-0.2, -0.15) is 0 Å². The first-order valence-corrected chi connectivity index (χ1v) is 7.36. The lowest BCUT2D eigenvalue weighted by atomic mass is 9.99. The lowest BCUT2D eigenvalue weighted by Gasteiger charge is -2.38. The minimum absolute atomic E-state index is 0.228. The zero-order chi connectivity index (χ0) is 14.3. The smallest absolute Gasteiger partial charge is 0.242 e. The summed E-state index contributed by atoms with van der Waals surface area (Å²) in [6, 6.07) is 0.359. The third-order valence-corrected chi connectivity index (χ3v) is 3.36. The van der Waals surface area contributed by atoms with Gasteiger partial charge in [0.25, 0.3) is 0 Å². The molecule has 0 fully saturated rings. The number of carbonyl (C=O) groups is 1. The molecule has 3 heteroatoms. The Hall–Kier alpha value is -0.570. The molecular weight excluding hydrogens is 224 g/mol. The van der Waals surface area contributed by atoms with Crippen molar-refractivity contribution in [3.63, 3.8) is 0 Å². The minimum Gasteiger partial charge on any atom is -0.338 e. The average molecular weight is 256 g/mol. The summed E-state index contributed by atoms with van der Waals surface area (Å²) in [6.45, 7) is 16.3. The van der Waals surface area contributed by atoms with E-state index in [0.29, 0.717) is 12.0 Å². The van der Waals surface area contributed by atoms with Crippen LogP contribution in [0.1, 0.15) is 61.3 Å². The second-order valence-corrected chi connectivity index (χ2v) is 5.98. The molecule has 0 aliphatic carbocycles. The number of amides is 1. The third-order valence-electron chi connectivity index (χ3n) is 3.36. The van der Waals surface area contributed by atoms with Crippen molar-refractivity contribution >= 4 is 5.91 Å². The molecule has 0 atom stereocenters. The van der Waals surface area contributed by atoms with Gasteiger partial charge < -0.3 is 10.2 Å². The van der Waals surface area contributed by atoms with Crippen molar-refractivity contribution in [1.82, 2.24) is 10.2 Å².